The first-order valence-corrected chi connectivity index (χ1v) is 15.6. The fraction of sp³-hybridized carbons (Fsp3) is 0.281. The molecule has 1 aliphatic rings. The zero-order chi connectivity index (χ0) is 29.0. The topological polar surface area (TPSA) is 99.6 Å². The van der Waals surface area contributed by atoms with E-state index < -0.39 is 44.0 Å². The summed E-state index contributed by atoms with van der Waals surface area (Å²) in [6, 6.07) is 30.5. The highest BCUT2D eigenvalue weighted by Crippen LogP contribution is 2.38. The van der Waals surface area contributed by atoms with Crippen LogP contribution in [0.4, 0.5) is 0 Å². The van der Waals surface area contributed by atoms with Crippen molar-refractivity contribution in [2.75, 3.05) is 6.61 Å². The lowest BCUT2D eigenvalue weighted by molar-refractivity contribution is -0.0587. The molecule has 9 heteroatoms. The molecule has 1 aromatic heterocycles. The Morgan fingerprint density at radius 3 is 2.00 bits per heavy atom. The molecule has 0 unspecified atom stereocenters. The van der Waals surface area contributed by atoms with E-state index in [-0.39, 0.29) is 11.6 Å². The van der Waals surface area contributed by atoms with Crippen molar-refractivity contribution in [2.45, 2.75) is 50.7 Å². The Morgan fingerprint density at radius 2 is 1.46 bits per heavy atom. The van der Waals surface area contributed by atoms with Crippen LogP contribution in [0.1, 0.15) is 43.8 Å². The number of hydrogen-bond acceptors (Lipinski definition) is 6. The van der Waals surface area contributed by atoms with Crippen molar-refractivity contribution in [1.82, 2.24) is 9.55 Å². The average molecular weight is 571 g/mol. The maximum absolute atomic E-state index is 13.0. The van der Waals surface area contributed by atoms with Crippen molar-refractivity contribution in [3.8, 4) is 0 Å². The van der Waals surface area contributed by atoms with E-state index in [0.717, 1.165) is 10.4 Å². The normalized spacial score (nSPS) is 19.1. The number of carbonyl (C=O) groups excluding carboxylic acids is 1. The number of hydrogen-bond donors (Lipinski definition) is 1. The molecule has 2 heterocycles. The van der Waals surface area contributed by atoms with Crippen LogP contribution < -0.4 is 21.6 Å². The van der Waals surface area contributed by atoms with Crippen LogP contribution in [-0.4, -0.2) is 42.7 Å². The second-order valence-electron chi connectivity index (χ2n) is 11.2. The number of aromatic nitrogens is 2. The summed E-state index contributed by atoms with van der Waals surface area (Å²) < 4.78 is 20.6. The fourth-order valence-electron chi connectivity index (χ4n) is 5.56. The molecule has 1 aliphatic heterocycles. The third-order valence-electron chi connectivity index (χ3n) is 7.44. The Labute approximate surface area is 239 Å². The molecule has 0 aliphatic carbocycles. The number of aromatic amines is 1. The van der Waals surface area contributed by atoms with Gasteiger partial charge in [0.15, 0.2) is 6.23 Å². The molecule has 0 amide bonds. The van der Waals surface area contributed by atoms with Gasteiger partial charge in [-0.2, -0.15) is 0 Å². The Bertz CT molecular complexity index is 1540. The van der Waals surface area contributed by atoms with Gasteiger partial charge in [-0.1, -0.05) is 99.6 Å². The van der Waals surface area contributed by atoms with E-state index in [9.17, 15) is 14.4 Å². The zero-order valence-corrected chi connectivity index (χ0v) is 24.4. The Hall–Kier alpha value is -4.05. The molecule has 8 nitrogen and oxygen atoms in total. The predicted octanol–water partition coefficient (Wildman–Crippen LogP) is 3.63. The van der Waals surface area contributed by atoms with Gasteiger partial charge in [-0.05, 0) is 27.5 Å². The van der Waals surface area contributed by atoms with Gasteiger partial charge in [-0.3, -0.25) is 14.3 Å². The van der Waals surface area contributed by atoms with Crippen LogP contribution in [0.2, 0.25) is 5.04 Å². The van der Waals surface area contributed by atoms with Crippen molar-refractivity contribution in [2.24, 2.45) is 0 Å². The van der Waals surface area contributed by atoms with Gasteiger partial charge in [0.2, 0.25) is 0 Å². The maximum atomic E-state index is 13.0. The Kier molecular flexibility index (Phi) is 8.21. The molecule has 3 aromatic carbocycles. The summed E-state index contributed by atoms with van der Waals surface area (Å²) in [6.07, 6.45) is -0.513. The van der Waals surface area contributed by atoms with Crippen molar-refractivity contribution in [3.63, 3.8) is 0 Å². The van der Waals surface area contributed by atoms with Gasteiger partial charge in [-0.25, -0.2) is 9.59 Å². The molecule has 0 spiro atoms. The summed E-state index contributed by atoms with van der Waals surface area (Å²) in [6.45, 7) is 6.81. The SMILES string of the molecule is CC(C)(C)[Si](OC[C@@H]1C[C@@H](OC(=O)c2ccccc2)[C@H](n2ccc(=O)[nH]c2=O)O1)(c1ccccc1)c1ccccc1. The molecule has 4 aromatic rings. The van der Waals surface area contributed by atoms with Crippen LogP contribution in [0.25, 0.3) is 0 Å². The van der Waals surface area contributed by atoms with Crippen molar-refractivity contribution < 1.29 is 18.7 Å². The van der Waals surface area contributed by atoms with Crippen LogP contribution >= 0.6 is 0 Å². The highest BCUT2D eigenvalue weighted by Gasteiger charge is 2.51. The number of nitrogens with one attached hydrogen (secondary N) is 1. The van der Waals surface area contributed by atoms with Gasteiger partial charge >= 0.3 is 11.7 Å². The summed E-state index contributed by atoms with van der Waals surface area (Å²) in [5.74, 6) is -0.518. The first kappa shape index (κ1) is 28.5. The van der Waals surface area contributed by atoms with E-state index in [4.69, 9.17) is 13.9 Å². The molecule has 1 saturated heterocycles. The van der Waals surface area contributed by atoms with E-state index in [1.165, 1.54) is 16.8 Å². The van der Waals surface area contributed by atoms with Crippen LogP contribution in [0, 0.1) is 0 Å². The lowest BCUT2D eigenvalue weighted by Gasteiger charge is -2.43. The minimum absolute atomic E-state index is 0.223. The van der Waals surface area contributed by atoms with Gasteiger partial charge in [0.1, 0.15) is 6.10 Å². The first-order valence-electron chi connectivity index (χ1n) is 13.7. The highest BCUT2D eigenvalue weighted by molar-refractivity contribution is 6.99. The summed E-state index contributed by atoms with van der Waals surface area (Å²) >= 11 is 0. The quantitative estimate of drug-likeness (QED) is 0.257. The largest absolute Gasteiger partial charge is 0.454 e. The lowest BCUT2D eigenvalue weighted by atomic mass is 10.2. The van der Waals surface area contributed by atoms with Crippen molar-refractivity contribution in [1.29, 1.82) is 0 Å². The molecule has 0 bridgehead atoms. The number of rotatable bonds is 8. The average Bonchev–Trinajstić information content (AvgIpc) is 3.36. The molecular weight excluding hydrogens is 536 g/mol. The van der Waals surface area contributed by atoms with E-state index in [1.54, 1.807) is 24.3 Å². The molecule has 0 saturated carbocycles. The highest BCUT2D eigenvalue weighted by atomic mass is 28.4. The number of ether oxygens (including phenoxy) is 2. The summed E-state index contributed by atoms with van der Waals surface area (Å²) in [5, 5.41) is 2.04. The van der Waals surface area contributed by atoms with Gasteiger partial charge < -0.3 is 13.9 Å². The van der Waals surface area contributed by atoms with Crippen molar-refractivity contribution in [3.05, 3.63) is 130 Å². The maximum Gasteiger partial charge on any atom is 0.338 e. The third kappa shape index (κ3) is 5.88. The molecule has 1 N–H and O–H groups in total. The van der Waals surface area contributed by atoms with E-state index in [0.29, 0.717) is 12.0 Å². The molecule has 0 radical (unpaired) electrons. The number of H-pyrrole nitrogens is 1. The van der Waals surface area contributed by atoms with Gasteiger partial charge in [0, 0.05) is 18.7 Å². The molecule has 41 heavy (non-hydrogen) atoms. The standard InChI is InChI=1S/C32H34N2O6Si/c1-32(2,3)41(25-15-9-5-10-16-25,26-17-11-6-12-18-26)38-22-24-21-27(40-30(36)23-13-7-4-8-14-23)29(39-24)34-20-19-28(35)33-31(34)37/h4-20,24,27,29H,21-22H2,1-3H3,(H,33,35,37)/t24-,27+,29+/m0/s1. The number of nitrogens with zero attached hydrogens (tertiary/aromatic N) is 1. The summed E-state index contributed by atoms with van der Waals surface area (Å²) in [7, 11) is -2.85. The Morgan fingerprint density at radius 1 is 0.902 bits per heavy atom. The second kappa shape index (κ2) is 11.8. The van der Waals surface area contributed by atoms with E-state index >= 15 is 0 Å². The number of carbonyl (C=O) groups is 1. The van der Waals surface area contributed by atoms with E-state index in [2.05, 4.69) is 50.0 Å². The monoisotopic (exact) mass is 570 g/mol. The molecule has 1 fully saturated rings. The van der Waals surface area contributed by atoms with Gasteiger partial charge in [0.05, 0.1) is 18.3 Å². The number of esters is 1. The van der Waals surface area contributed by atoms with E-state index in [1.807, 2.05) is 42.5 Å². The number of benzene rings is 3. The molecule has 5 rings (SSSR count). The summed E-state index contributed by atoms with van der Waals surface area (Å²) in [5.41, 5.74) is -0.766. The molecule has 3 atom stereocenters. The molecular formula is C32H34N2O6Si. The minimum Gasteiger partial charge on any atom is -0.454 e. The van der Waals surface area contributed by atoms with Crippen LogP contribution in [-0.2, 0) is 13.9 Å². The Balaban J connectivity index is 1.47. The smallest absolute Gasteiger partial charge is 0.338 e. The predicted molar refractivity (Wildman–Crippen MR) is 159 cm³/mol. The van der Waals surface area contributed by atoms with Gasteiger partial charge in [-0.15, -0.1) is 0 Å². The zero-order valence-electron chi connectivity index (χ0n) is 23.4. The van der Waals surface area contributed by atoms with Crippen LogP contribution in [0.3, 0.4) is 0 Å². The first-order chi connectivity index (χ1) is 19.7. The van der Waals surface area contributed by atoms with Crippen molar-refractivity contribution >= 4 is 24.7 Å². The van der Waals surface area contributed by atoms with Gasteiger partial charge in [0.25, 0.3) is 13.9 Å². The molecule has 212 valence electrons. The van der Waals surface area contributed by atoms with Crippen LogP contribution in [0.15, 0.2) is 113 Å². The lowest BCUT2D eigenvalue weighted by Crippen LogP contribution is -2.67. The third-order valence-corrected chi connectivity index (χ3v) is 12.4. The fourth-order valence-corrected chi connectivity index (χ4v) is 10.2. The minimum atomic E-state index is -2.85. The van der Waals surface area contributed by atoms with Crippen LogP contribution in [0.5, 0.6) is 0 Å². The second-order valence-corrected chi connectivity index (χ2v) is 15.5. The summed E-state index contributed by atoms with van der Waals surface area (Å²) in [4.78, 5) is 39.7.